The second-order valence-electron chi connectivity index (χ2n) is 6.16. The molecule has 2 N–H and O–H groups in total. The minimum Gasteiger partial charge on any atom is -0.350 e. The van der Waals surface area contributed by atoms with Crippen LogP contribution in [0.3, 0.4) is 0 Å². The van der Waals surface area contributed by atoms with E-state index in [1.807, 2.05) is 29.3 Å². The van der Waals surface area contributed by atoms with Gasteiger partial charge in [0.15, 0.2) is 0 Å². The van der Waals surface area contributed by atoms with E-state index in [4.69, 9.17) is 0 Å². The van der Waals surface area contributed by atoms with Gasteiger partial charge < -0.3 is 15.5 Å². The zero-order valence-electron chi connectivity index (χ0n) is 14.1. The van der Waals surface area contributed by atoms with Crippen molar-refractivity contribution in [2.24, 2.45) is 0 Å². The highest BCUT2D eigenvalue weighted by atomic mass is 19.4. The number of carbonyl (C=O) groups is 1. The van der Waals surface area contributed by atoms with Crippen LogP contribution < -0.4 is 10.6 Å². The molecule has 1 atom stereocenters. The third-order valence-corrected chi connectivity index (χ3v) is 4.39. The molecule has 3 rings (SSSR count). The average molecular weight is 363 g/mol. The number of nitrogens with one attached hydrogen (secondary N) is 2. The third kappa shape index (κ3) is 4.35. The predicted octanol–water partition coefficient (Wildman–Crippen LogP) is 3.07. The van der Waals surface area contributed by atoms with E-state index in [2.05, 4.69) is 16.7 Å². The van der Waals surface area contributed by atoms with Crippen LogP contribution in [-0.4, -0.2) is 36.6 Å². The molecule has 26 heavy (non-hydrogen) atoms. The third-order valence-electron chi connectivity index (χ3n) is 4.39. The molecule has 2 aliphatic heterocycles. The lowest BCUT2D eigenvalue weighted by Gasteiger charge is -2.33. The largest absolute Gasteiger partial charge is 0.416 e. The summed E-state index contributed by atoms with van der Waals surface area (Å²) >= 11 is 0. The fraction of sp³-hybridized carbons (Fsp3) is 0.316. The van der Waals surface area contributed by atoms with Crippen molar-refractivity contribution in [2.75, 3.05) is 19.8 Å². The van der Waals surface area contributed by atoms with Gasteiger partial charge in [0.25, 0.3) is 5.91 Å². The fourth-order valence-electron chi connectivity index (χ4n) is 3.03. The van der Waals surface area contributed by atoms with Crippen LogP contribution in [0.5, 0.6) is 0 Å². The second kappa shape index (κ2) is 7.78. The molecule has 0 saturated heterocycles. The van der Waals surface area contributed by atoms with Crippen molar-refractivity contribution in [3.63, 3.8) is 0 Å². The Hall–Kier alpha value is -2.54. The second-order valence-corrected chi connectivity index (χ2v) is 6.16. The molecule has 2 heterocycles. The maximum Gasteiger partial charge on any atom is 0.416 e. The normalized spacial score (nSPS) is 20.0. The van der Waals surface area contributed by atoms with Crippen molar-refractivity contribution >= 4 is 5.91 Å². The number of rotatable bonds is 4. The molecule has 0 spiro atoms. The summed E-state index contributed by atoms with van der Waals surface area (Å²) in [5.41, 5.74) is 0.426. The van der Waals surface area contributed by atoms with Crippen LogP contribution in [0.1, 0.15) is 22.3 Å². The summed E-state index contributed by atoms with van der Waals surface area (Å²) < 4.78 is 38.4. The number of benzene rings is 1. The highest BCUT2D eigenvalue weighted by molar-refractivity contribution is 5.94. The summed E-state index contributed by atoms with van der Waals surface area (Å²) in [6, 6.07) is 4.49. The van der Waals surface area contributed by atoms with Crippen molar-refractivity contribution in [3.8, 4) is 0 Å². The number of amides is 1. The Kier molecular flexibility index (Phi) is 5.46. The zero-order chi connectivity index (χ0) is 18.6. The number of nitrogens with zero attached hydrogens (tertiary/aromatic N) is 1. The van der Waals surface area contributed by atoms with E-state index in [9.17, 15) is 18.0 Å². The molecule has 0 aromatic heterocycles. The molecule has 138 valence electrons. The SMILES string of the molecule is O=C(NCN1C=CC=CC1C1=CCNCC1)c1cccc(C(F)(F)F)c1. The lowest BCUT2D eigenvalue weighted by Crippen LogP contribution is -2.42. The summed E-state index contributed by atoms with van der Waals surface area (Å²) in [5, 5.41) is 5.97. The van der Waals surface area contributed by atoms with Crippen molar-refractivity contribution < 1.29 is 18.0 Å². The molecule has 1 aromatic carbocycles. The molecule has 0 fully saturated rings. The van der Waals surface area contributed by atoms with Gasteiger partial charge in [0, 0.05) is 18.3 Å². The first kappa shape index (κ1) is 18.3. The number of carbonyl (C=O) groups excluding carboxylic acids is 1. The maximum atomic E-state index is 12.8. The Morgan fingerprint density at radius 3 is 2.88 bits per heavy atom. The molecule has 0 bridgehead atoms. The topological polar surface area (TPSA) is 44.4 Å². The molecule has 4 nitrogen and oxygen atoms in total. The quantitative estimate of drug-likeness (QED) is 0.808. The van der Waals surface area contributed by atoms with Gasteiger partial charge in [-0.2, -0.15) is 13.2 Å². The standard InChI is InChI=1S/C19H20F3N3O/c20-19(21,22)16-5-3-4-15(12-16)18(26)24-13-25-11-2-1-6-17(25)14-7-9-23-10-8-14/h1-7,11-12,17,23H,8-10,13H2,(H,24,26). The van der Waals surface area contributed by atoms with Gasteiger partial charge in [0.1, 0.15) is 0 Å². The minimum atomic E-state index is -4.47. The monoisotopic (exact) mass is 363 g/mol. The van der Waals surface area contributed by atoms with Crippen molar-refractivity contribution in [2.45, 2.75) is 18.6 Å². The van der Waals surface area contributed by atoms with Crippen LogP contribution >= 0.6 is 0 Å². The van der Waals surface area contributed by atoms with Gasteiger partial charge >= 0.3 is 6.18 Å². The molecule has 1 unspecified atom stereocenters. The summed E-state index contributed by atoms with van der Waals surface area (Å²) in [5.74, 6) is -0.530. The Labute approximate surface area is 150 Å². The van der Waals surface area contributed by atoms with Crippen molar-refractivity contribution in [3.05, 3.63) is 71.5 Å². The van der Waals surface area contributed by atoms with Crippen LogP contribution in [0.4, 0.5) is 13.2 Å². The molecule has 0 saturated carbocycles. The maximum absolute atomic E-state index is 12.8. The molecule has 7 heteroatoms. The lowest BCUT2D eigenvalue weighted by molar-refractivity contribution is -0.137. The number of allylic oxidation sites excluding steroid dienone is 2. The predicted molar refractivity (Wildman–Crippen MR) is 93.3 cm³/mol. The van der Waals surface area contributed by atoms with E-state index in [0.717, 1.165) is 31.6 Å². The molecular formula is C19H20F3N3O. The van der Waals surface area contributed by atoms with Gasteiger partial charge in [0.05, 0.1) is 18.3 Å². The van der Waals surface area contributed by atoms with E-state index in [1.165, 1.54) is 17.7 Å². The number of alkyl halides is 3. The van der Waals surface area contributed by atoms with Gasteiger partial charge in [0.2, 0.25) is 0 Å². The fourth-order valence-corrected chi connectivity index (χ4v) is 3.03. The van der Waals surface area contributed by atoms with E-state index in [-0.39, 0.29) is 18.3 Å². The van der Waals surface area contributed by atoms with Gasteiger partial charge in [-0.1, -0.05) is 24.3 Å². The van der Waals surface area contributed by atoms with E-state index >= 15 is 0 Å². The van der Waals surface area contributed by atoms with E-state index < -0.39 is 17.6 Å². The highest BCUT2D eigenvalue weighted by Crippen LogP contribution is 2.29. The van der Waals surface area contributed by atoms with E-state index in [1.54, 1.807) is 0 Å². The van der Waals surface area contributed by atoms with Gasteiger partial charge in [-0.05, 0) is 42.8 Å². The molecule has 0 radical (unpaired) electrons. The number of halogens is 3. The van der Waals surface area contributed by atoms with Crippen LogP contribution in [0, 0.1) is 0 Å². The van der Waals surface area contributed by atoms with E-state index in [0.29, 0.717) is 0 Å². The Morgan fingerprint density at radius 2 is 2.15 bits per heavy atom. The summed E-state index contributed by atoms with van der Waals surface area (Å²) in [6.45, 7) is 1.93. The number of hydrogen-bond donors (Lipinski definition) is 2. The van der Waals surface area contributed by atoms with Crippen LogP contribution in [-0.2, 0) is 6.18 Å². The van der Waals surface area contributed by atoms with Gasteiger partial charge in [-0.3, -0.25) is 4.79 Å². The zero-order valence-corrected chi connectivity index (χ0v) is 14.1. The minimum absolute atomic E-state index is 0.00557. The molecular weight excluding hydrogens is 343 g/mol. The van der Waals surface area contributed by atoms with Crippen LogP contribution in [0.25, 0.3) is 0 Å². The Balaban J connectivity index is 1.66. The Morgan fingerprint density at radius 1 is 1.31 bits per heavy atom. The number of hydrogen-bond acceptors (Lipinski definition) is 3. The Bertz CT molecular complexity index is 753. The first-order valence-electron chi connectivity index (χ1n) is 8.41. The highest BCUT2D eigenvalue weighted by Gasteiger charge is 2.31. The molecule has 2 aliphatic rings. The lowest BCUT2D eigenvalue weighted by atomic mass is 9.98. The molecule has 1 aromatic rings. The summed E-state index contributed by atoms with van der Waals surface area (Å²) in [4.78, 5) is 14.2. The first-order valence-corrected chi connectivity index (χ1v) is 8.41. The van der Waals surface area contributed by atoms with Crippen molar-refractivity contribution in [1.82, 2.24) is 15.5 Å². The smallest absolute Gasteiger partial charge is 0.350 e. The average Bonchev–Trinajstić information content (AvgIpc) is 2.66. The van der Waals surface area contributed by atoms with Crippen LogP contribution in [0.2, 0.25) is 0 Å². The van der Waals surface area contributed by atoms with Crippen LogP contribution in [0.15, 0.2) is 60.3 Å². The van der Waals surface area contributed by atoms with Crippen molar-refractivity contribution in [1.29, 1.82) is 0 Å². The van der Waals surface area contributed by atoms with Gasteiger partial charge in [-0.15, -0.1) is 0 Å². The first-order chi connectivity index (χ1) is 12.4. The summed E-state index contributed by atoms with van der Waals surface area (Å²) in [6.07, 6.45) is 6.34. The molecule has 1 amide bonds. The summed E-state index contributed by atoms with van der Waals surface area (Å²) in [7, 11) is 0. The van der Waals surface area contributed by atoms with Gasteiger partial charge in [-0.25, -0.2) is 0 Å². The molecule has 0 aliphatic carbocycles.